The zero-order chi connectivity index (χ0) is 12.6. The van der Waals surface area contributed by atoms with Crippen molar-refractivity contribution in [3.05, 3.63) is 33.8 Å². The van der Waals surface area contributed by atoms with Crippen LogP contribution >= 0.6 is 23.2 Å². The maximum absolute atomic E-state index is 11.8. The van der Waals surface area contributed by atoms with E-state index in [0.717, 1.165) is 12.0 Å². The van der Waals surface area contributed by atoms with E-state index >= 15 is 0 Å². The van der Waals surface area contributed by atoms with Crippen molar-refractivity contribution < 1.29 is 4.79 Å². The monoisotopic (exact) mass is 271 g/mol. The fourth-order valence-electron chi connectivity index (χ4n) is 1.89. The van der Waals surface area contributed by atoms with E-state index < -0.39 is 0 Å². The summed E-state index contributed by atoms with van der Waals surface area (Å²) in [6, 6.07) is 5.30. The van der Waals surface area contributed by atoms with E-state index in [4.69, 9.17) is 23.2 Å². The Labute approximate surface area is 111 Å². The minimum absolute atomic E-state index is 0.112. The SMILES string of the molecule is CC1(C)CC1C(=O)NCc1ccc(Cl)cc1Cl. The van der Waals surface area contributed by atoms with Crippen LogP contribution in [0.5, 0.6) is 0 Å². The van der Waals surface area contributed by atoms with Crippen LogP contribution in [-0.2, 0) is 11.3 Å². The molecule has 2 nitrogen and oxygen atoms in total. The van der Waals surface area contributed by atoms with Crippen LogP contribution in [0.25, 0.3) is 0 Å². The normalized spacial score (nSPS) is 21.1. The number of amides is 1. The molecule has 0 aromatic heterocycles. The van der Waals surface area contributed by atoms with Gasteiger partial charge in [-0.1, -0.05) is 43.1 Å². The van der Waals surface area contributed by atoms with Crippen LogP contribution in [0.1, 0.15) is 25.8 Å². The van der Waals surface area contributed by atoms with E-state index in [-0.39, 0.29) is 17.2 Å². The van der Waals surface area contributed by atoms with Gasteiger partial charge in [0.2, 0.25) is 5.91 Å². The first-order valence-electron chi connectivity index (χ1n) is 5.62. The maximum Gasteiger partial charge on any atom is 0.223 e. The second-order valence-corrected chi connectivity index (χ2v) is 6.04. The average Bonchev–Trinajstić information content (AvgIpc) is 2.86. The van der Waals surface area contributed by atoms with Crippen LogP contribution in [0, 0.1) is 11.3 Å². The molecule has 1 saturated carbocycles. The van der Waals surface area contributed by atoms with Gasteiger partial charge in [0, 0.05) is 22.5 Å². The summed E-state index contributed by atoms with van der Waals surface area (Å²) in [5, 5.41) is 4.11. The zero-order valence-electron chi connectivity index (χ0n) is 9.89. The Hall–Kier alpha value is -0.730. The molecule has 1 aliphatic carbocycles. The molecule has 17 heavy (non-hydrogen) atoms. The fourth-order valence-corrected chi connectivity index (χ4v) is 2.36. The van der Waals surface area contributed by atoms with Gasteiger partial charge in [-0.15, -0.1) is 0 Å². The molecule has 1 unspecified atom stereocenters. The summed E-state index contributed by atoms with van der Waals surface area (Å²) in [5.41, 5.74) is 1.05. The summed E-state index contributed by atoms with van der Waals surface area (Å²) in [4.78, 5) is 11.8. The lowest BCUT2D eigenvalue weighted by Crippen LogP contribution is -2.26. The van der Waals surface area contributed by atoms with Crippen molar-refractivity contribution in [1.82, 2.24) is 5.32 Å². The minimum Gasteiger partial charge on any atom is -0.352 e. The largest absolute Gasteiger partial charge is 0.352 e. The Morgan fingerprint density at radius 2 is 2.12 bits per heavy atom. The first-order valence-corrected chi connectivity index (χ1v) is 6.37. The van der Waals surface area contributed by atoms with Gasteiger partial charge in [-0.3, -0.25) is 4.79 Å². The lowest BCUT2D eigenvalue weighted by molar-refractivity contribution is -0.123. The molecule has 1 fully saturated rings. The highest BCUT2D eigenvalue weighted by molar-refractivity contribution is 6.35. The average molecular weight is 272 g/mol. The molecule has 1 N–H and O–H groups in total. The lowest BCUT2D eigenvalue weighted by atomic mass is 10.1. The molecule has 0 heterocycles. The van der Waals surface area contributed by atoms with Crippen LogP contribution in [0.2, 0.25) is 10.0 Å². The van der Waals surface area contributed by atoms with Crippen LogP contribution in [0.4, 0.5) is 0 Å². The molecular weight excluding hydrogens is 257 g/mol. The van der Waals surface area contributed by atoms with Gasteiger partial charge in [-0.25, -0.2) is 0 Å². The first kappa shape index (κ1) is 12.7. The van der Waals surface area contributed by atoms with Gasteiger partial charge >= 0.3 is 0 Å². The highest BCUT2D eigenvalue weighted by Crippen LogP contribution is 2.51. The molecule has 0 saturated heterocycles. The van der Waals surface area contributed by atoms with Crippen LogP contribution < -0.4 is 5.32 Å². The van der Waals surface area contributed by atoms with Gasteiger partial charge in [0.25, 0.3) is 0 Å². The Morgan fingerprint density at radius 3 is 2.65 bits per heavy atom. The van der Waals surface area contributed by atoms with E-state index in [1.54, 1.807) is 12.1 Å². The number of hydrogen-bond donors (Lipinski definition) is 1. The molecule has 0 radical (unpaired) electrons. The Morgan fingerprint density at radius 1 is 1.47 bits per heavy atom. The van der Waals surface area contributed by atoms with E-state index in [2.05, 4.69) is 19.2 Å². The summed E-state index contributed by atoms with van der Waals surface area (Å²) in [6.07, 6.45) is 0.965. The number of benzene rings is 1. The summed E-state index contributed by atoms with van der Waals surface area (Å²) < 4.78 is 0. The topological polar surface area (TPSA) is 29.1 Å². The van der Waals surface area contributed by atoms with E-state index in [0.29, 0.717) is 16.6 Å². The molecule has 0 bridgehead atoms. The second-order valence-electron chi connectivity index (χ2n) is 5.20. The van der Waals surface area contributed by atoms with Crippen LogP contribution in [-0.4, -0.2) is 5.91 Å². The number of carbonyl (C=O) groups excluding carboxylic acids is 1. The molecule has 1 atom stereocenters. The van der Waals surface area contributed by atoms with E-state index in [1.165, 1.54) is 0 Å². The van der Waals surface area contributed by atoms with Gasteiger partial charge in [0.1, 0.15) is 0 Å². The molecule has 1 aromatic rings. The third kappa shape index (κ3) is 2.93. The predicted molar refractivity (Wildman–Crippen MR) is 70.2 cm³/mol. The molecule has 0 spiro atoms. The quantitative estimate of drug-likeness (QED) is 0.894. The number of halogens is 2. The lowest BCUT2D eigenvalue weighted by Gasteiger charge is -2.08. The van der Waals surface area contributed by atoms with Crippen molar-refractivity contribution >= 4 is 29.1 Å². The summed E-state index contributed by atoms with van der Waals surface area (Å²) in [7, 11) is 0. The molecule has 0 aliphatic heterocycles. The smallest absolute Gasteiger partial charge is 0.223 e. The summed E-state index contributed by atoms with van der Waals surface area (Å²) in [6.45, 7) is 4.67. The van der Waals surface area contributed by atoms with Gasteiger partial charge in [-0.05, 0) is 29.5 Å². The highest BCUT2D eigenvalue weighted by atomic mass is 35.5. The Kier molecular flexibility index (Phi) is 3.37. The fraction of sp³-hybridized carbons (Fsp3) is 0.462. The van der Waals surface area contributed by atoms with Crippen molar-refractivity contribution in [2.75, 3.05) is 0 Å². The van der Waals surface area contributed by atoms with Crippen molar-refractivity contribution in [1.29, 1.82) is 0 Å². The Bertz CT molecular complexity index is 457. The number of rotatable bonds is 3. The van der Waals surface area contributed by atoms with Crippen molar-refractivity contribution in [2.24, 2.45) is 11.3 Å². The van der Waals surface area contributed by atoms with Crippen molar-refractivity contribution in [3.63, 3.8) is 0 Å². The van der Waals surface area contributed by atoms with Gasteiger partial charge in [0.05, 0.1) is 0 Å². The molecule has 1 aliphatic rings. The van der Waals surface area contributed by atoms with Gasteiger partial charge < -0.3 is 5.32 Å². The van der Waals surface area contributed by atoms with E-state index in [9.17, 15) is 4.79 Å². The van der Waals surface area contributed by atoms with Gasteiger partial charge in [-0.2, -0.15) is 0 Å². The van der Waals surface area contributed by atoms with Crippen molar-refractivity contribution in [3.8, 4) is 0 Å². The van der Waals surface area contributed by atoms with Crippen LogP contribution in [0.15, 0.2) is 18.2 Å². The summed E-state index contributed by atoms with van der Waals surface area (Å²) >= 11 is 11.8. The predicted octanol–water partition coefficient (Wildman–Crippen LogP) is 3.66. The molecule has 2 rings (SSSR count). The van der Waals surface area contributed by atoms with Crippen molar-refractivity contribution in [2.45, 2.75) is 26.8 Å². The third-order valence-electron chi connectivity index (χ3n) is 3.30. The number of carbonyl (C=O) groups is 1. The van der Waals surface area contributed by atoms with E-state index in [1.807, 2.05) is 6.07 Å². The third-order valence-corrected chi connectivity index (χ3v) is 3.89. The zero-order valence-corrected chi connectivity index (χ0v) is 11.4. The second kappa shape index (κ2) is 4.51. The Balaban J connectivity index is 1.92. The molecule has 4 heteroatoms. The number of nitrogens with one attached hydrogen (secondary N) is 1. The summed E-state index contributed by atoms with van der Waals surface area (Å²) in [5.74, 6) is 0.259. The molecular formula is C13H15Cl2NO. The number of hydrogen-bond acceptors (Lipinski definition) is 1. The molecule has 1 aromatic carbocycles. The standard InChI is InChI=1S/C13H15Cl2NO/c1-13(2)6-10(13)12(17)16-7-8-3-4-9(14)5-11(8)15/h3-5,10H,6-7H2,1-2H3,(H,16,17). The highest BCUT2D eigenvalue weighted by Gasteiger charge is 2.50. The molecule has 1 amide bonds. The minimum atomic E-state index is 0.112. The van der Waals surface area contributed by atoms with Crippen LogP contribution in [0.3, 0.4) is 0 Å². The maximum atomic E-state index is 11.8. The van der Waals surface area contributed by atoms with Gasteiger partial charge in [0.15, 0.2) is 0 Å². The molecule has 92 valence electrons. The first-order chi connectivity index (χ1) is 7.90.